The molecule has 0 aromatic heterocycles. The van der Waals surface area contributed by atoms with E-state index in [9.17, 15) is 9.13 Å². The molecule has 0 saturated carbocycles. The number of fused-ring (bicyclic) bond motifs is 3. The first-order valence-electron chi connectivity index (χ1n) is 10.9. The molecule has 0 bridgehead atoms. The second kappa shape index (κ2) is 9.78. The van der Waals surface area contributed by atoms with Gasteiger partial charge in [0, 0.05) is 16.0 Å². The van der Waals surface area contributed by atoms with Gasteiger partial charge in [-0.15, -0.1) is 0 Å². The molecule has 5 rings (SSSR count). The van der Waals surface area contributed by atoms with Gasteiger partial charge in [-0.05, 0) is 122 Å². The second-order valence-corrected chi connectivity index (χ2v) is 16.8. The van der Waals surface area contributed by atoms with E-state index in [1.54, 1.807) is 0 Å². The lowest BCUT2D eigenvalue weighted by molar-refractivity contribution is 0.601. The van der Waals surface area contributed by atoms with E-state index in [4.69, 9.17) is 22.4 Å². The van der Waals surface area contributed by atoms with Gasteiger partial charge in [-0.3, -0.25) is 9.13 Å². The largest absolute Gasteiger partial charge is 0.265 e. The summed E-state index contributed by atoms with van der Waals surface area (Å²) in [6, 6.07) is 29.0. The molecule has 2 unspecified atom stereocenters. The summed E-state index contributed by atoms with van der Waals surface area (Å²) in [6.45, 7) is 1.38. The standard InChI is InChI=1S/C27H20O2P2S4/c1-27(2)25-13-7-19(17-3-9-21(10-4-17)30(28)34-32)15-23(25)24-16-20(8-14-26(24)27)18-5-11-22(12-6-18)31(29)35-33/h3-16H,1-2H3. The summed E-state index contributed by atoms with van der Waals surface area (Å²) < 4.78 is 24.1. The lowest BCUT2D eigenvalue weighted by atomic mass is 9.82. The maximum Gasteiger partial charge on any atom is 0.197 e. The summed E-state index contributed by atoms with van der Waals surface area (Å²) >= 11 is 9.76. The van der Waals surface area contributed by atoms with E-state index in [0.717, 1.165) is 51.9 Å². The maximum absolute atomic E-state index is 12.0. The lowest BCUT2D eigenvalue weighted by Crippen LogP contribution is -2.14. The highest BCUT2D eigenvalue weighted by Crippen LogP contribution is 2.50. The summed E-state index contributed by atoms with van der Waals surface area (Å²) in [6.07, 6.45) is 0. The molecule has 0 amide bonds. The van der Waals surface area contributed by atoms with Gasteiger partial charge in [-0.1, -0.05) is 62.4 Å². The van der Waals surface area contributed by atoms with Crippen LogP contribution in [0.1, 0.15) is 25.0 Å². The van der Waals surface area contributed by atoms with Crippen LogP contribution in [-0.4, -0.2) is 0 Å². The highest BCUT2D eigenvalue weighted by molar-refractivity contribution is 8.34. The van der Waals surface area contributed by atoms with Gasteiger partial charge in [-0.25, -0.2) is 0 Å². The first-order valence-corrected chi connectivity index (χ1v) is 18.1. The second-order valence-electron chi connectivity index (χ2n) is 8.90. The molecule has 0 fully saturated rings. The molecule has 0 heterocycles. The number of hydrogen-bond donors (Lipinski definition) is 0. The molecule has 2 nitrogen and oxygen atoms in total. The fourth-order valence-corrected chi connectivity index (χ4v) is 8.52. The monoisotopic (exact) mass is 566 g/mol. The van der Waals surface area contributed by atoms with Crippen molar-refractivity contribution in [2.75, 3.05) is 0 Å². The normalized spacial score (nSPS) is 14.0. The number of benzene rings is 4. The van der Waals surface area contributed by atoms with E-state index in [1.807, 2.05) is 48.5 Å². The van der Waals surface area contributed by atoms with Crippen molar-refractivity contribution in [3.05, 3.63) is 96.1 Å². The van der Waals surface area contributed by atoms with Gasteiger partial charge < -0.3 is 0 Å². The SMILES string of the molecule is CC1(C)c2ccc(-c3ccc(P(=O)=S=S)cc3)cc2-c2cc(-c3ccc(P(=O)=S=S)cc3)ccc21. The Hall–Kier alpha value is -2.04. The molecule has 174 valence electrons. The summed E-state index contributed by atoms with van der Waals surface area (Å²) in [7, 11) is 1.93. The first kappa shape index (κ1) is 24.6. The highest BCUT2D eigenvalue weighted by atomic mass is 32.9. The van der Waals surface area contributed by atoms with Gasteiger partial charge in [0.2, 0.25) is 0 Å². The van der Waals surface area contributed by atoms with Gasteiger partial charge in [0.1, 0.15) is 0 Å². The Morgan fingerprint density at radius 2 is 0.914 bits per heavy atom. The number of hydrogen-bond acceptors (Lipinski definition) is 4. The van der Waals surface area contributed by atoms with Crippen molar-refractivity contribution in [1.29, 1.82) is 0 Å². The van der Waals surface area contributed by atoms with Crippen LogP contribution in [0.15, 0.2) is 84.9 Å². The van der Waals surface area contributed by atoms with Gasteiger partial charge in [0.15, 0.2) is 13.2 Å². The molecule has 2 atom stereocenters. The van der Waals surface area contributed by atoms with E-state index < -0.39 is 13.2 Å². The predicted molar refractivity (Wildman–Crippen MR) is 159 cm³/mol. The minimum absolute atomic E-state index is 0.0897. The summed E-state index contributed by atoms with van der Waals surface area (Å²) in [5.74, 6) is 0. The van der Waals surface area contributed by atoms with Crippen molar-refractivity contribution in [1.82, 2.24) is 0 Å². The molecule has 4 aromatic rings. The molecule has 0 radical (unpaired) electrons. The van der Waals surface area contributed by atoms with Crippen molar-refractivity contribution in [3.63, 3.8) is 0 Å². The van der Waals surface area contributed by atoms with Crippen LogP contribution in [0.4, 0.5) is 0 Å². The Bertz CT molecular complexity index is 1570. The third kappa shape index (κ3) is 4.49. The fourth-order valence-electron chi connectivity index (χ4n) is 4.77. The summed E-state index contributed by atoms with van der Waals surface area (Å²) in [5.41, 5.74) is 9.43. The quantitative estimate of drug-likeness (QED) is 0.246. The molecular formula is C27H20O2P2S4. The van der Waals surface area contributed by atoms with Crippen LogP contribution in [0.5, 0.6) is 0 Å². The minimum atomic E-state index is -1.58. The van der Waals surface area contributed by atoms with Crippen molar-refractivity contribution in [2.24, 2.45) is 0 Å². The average molecular weight is 567 g/mol. The maximum atomic E-state index is 12.0. The molecule has 1 aliphatic carbocycles. The average Bonchev–Trinajstić information content (AvgIpc) is 3.13. The third-order valence-electron chi connectivity index (χ3n) is 6.63. The van der Waals surface area contributed by atoms with Crippen LogP contribution in [0, 0.1) is 0 Å². The minimum Gasteiger partial charge on any atom is -0.265 e. The Kier molecular flexibility index (Phi) is 6.89. The van der Waals surface area contributed by atoms with Crippen molar-refractivity contribution >= 4 is 65.1 Å². The van der Waals surface area contributed by atoms with Crippen LogP contribution in [-0.2, 0) is 55.9 Å². The fraction of sp³-hybridized carbons (Fsp3) is 0.111. The van der Waals surface area contributed by atoms with E-state index in [0.29, 0.717) is 0 Å². The highest BCUT2D eigenvalue weighted by Gasteiger charge is 2.35. The van der Waals surface area contributed by atoms with E-state index in [1.165, 1.54) is 22.3 Å². The number of rotatable bonds is 4. The van der Waals surface area contributed by atoms with Crippen molar-refractivity contribution < 1.29 is 9.13 Å². The van der Waals surface area contributed by atoms with Crippen LogP contribution in [0.3, 0.4) is 0 Å². The topological polar surface area (TPSA) is 34.1 Å². The van der Waals surface area contributed by atoms with Gasteiger partial charge in [0.05, 0.1) is 0 Å². The molecule has 0 saturated heterocycles. The van der Waals surface area contributed by atoms with Gasteiger partial charge in [-0.2, -0.15) is 0 Å². The van der Waals surface area contributed by atoms with Crippen molar-refractivity contribution in [3.8, 4) is 33.4 Å². The van der Waals surface area contributed by atoms with Gasteiger partial charge in [0.25, 0.3) is 0 Å². The predicted octanol–water partition coefficient (Wildman–Crippen LogP) is 7.15. The molecule has 35 heavy (non-hydrogen) atoms. The Labute approximate surface area is 221 Å². The molecule has 0 N–H and O–H groups in total. The zero-order valence-electron chi connectivity index (χ0n) is 18.9. The molecule has 0 aliphatic heterocycles. The Balaban J connectivity index is 1.59. The lowest BCUT2D eigenvalue weighted by Gasteiger charge is -2.21. The molecule has 4 aromatic carbocycles. The van der Waals surface area contributed by atoms with Crippen LogP contribution in [0.2, 0.25) is 0 Å². The molecule has 8 heteroatoms. The van der Waals surface area contributed by atoms with Gasteiger partial charge >= 0.3 is 0 Å². The van der Waals surface area contributed by atoms with Crippen LogP contribution < -0.4 is 10.6 Å². The van der Waals surface area contributed by atoms with Crippen molar-refractivity contribution in [2.45, 2.75) is 19.3 Å². The molecule has 1 aliphatic rings. The Morgan fingerprint density at radius 1 is 0.571 bits per heavy atom. The third-order valence-corrected chi connectivity index (χ3v) is 12.9. The molecular weight excluding hydrogens is 547 g/mol. The zero-order valence-corrected chi connectivity index (χ0v) is 24.0. The zero-order chi connectivity index (χ0) is 24.7. The van der Waals surface area contributed by atoms with Crippen LogP contribution >= 0.6 is 13.2 Å². The summed E-state index contributed by atoms with van der Waals surface area (Å²) in [5, 5.41) is 1.53. The Morgan fingerprint density at radius 3 is 1.26 bits per heavy atom. The van der Waals surface area contributed by atoms with E-state index in [2.05, 4.69) is 50.2 Å². The summed E-state index contributed by atoms with van der Waals surface area (Å²) in [4.78, 5) is 0. The van der Waals surface area contributed by atoms with E-state index in [-0.39, 0.29) is 5.41 Å². The molecule has 0 spiro atoms. The first-order chi connectivity index (χ1) is 16.8. The van der Waals surface area contributed by atoms with E-state index >= 15 is 0 Å². The van der Waals surface area contributed by atoms with Crippen LogP contribution in [0.25, 0.3) is 33.4 Å². The smallest absolute Gasteiger partial charge is 0.197 e.